The number of aromatic hydroxyl groups is 2. The Bertz CT molecular complexity index is 1570. The van der Waals surface area contributed by atoms with Gasteiger partial charge in [0, 0.05) is 57.2 Å². The number of hydrogen-bond acceptors (Lipinski definition) is 4. The molecule has 0 heterocycles. The van der Waals surface area contributed by atoms with Crippen LogP contribution in [-0.2, 0) is 0 Å². The molecule has 0 radical (unpaired) electrons. The van der Waals surface area contributed by atoms with Gasteiger partial charge in [0.2, 0.25) is 0 Å². The topological polar surface area (TPSA) is 65.2 Å². The fourth-order valence-corrected chi connectivity index (χ4v) is 4.74. The Hall–Kier alpha value is -3.66. The minimum Gasteiger partial charge on any atom is -0.507 e. The summed E-state index contributed by atoms with van der Waals surface area (Å²) in [5, 5.41) is 33.0. The monoisotopic (exact) mass is 364 g/mol. The lowest BCUT2D eigenvalue weighted by molar-refractivity contribution is 0.486. The molecule has 2 N–H and O–H groups in total. The van der Waals surface area contributed by atoms with E-state index < -0.39 is 0 Å². The van der Waals surface area contributed by atoms with Gasteiger partial charge in [0.15, 0.2) is 0 Å². The van der Waals surface area contributed by atoms with E-state index in [1.54, 1.807) is 14.1 Å². The second kappa shape index (κ2) is 4.98. The Balaban J connectivity index is 2.10. The molecule has 0 aliphatic rings. The number of nitrogens with zero attached hydrogens (tertiary/aromatic N) is 2. The lowest BCUT2D eigenvalue weighted by Gasteiger charge is -2.19. The van der Waals surface area contributed by atoms with Crippen molar-refractivity contribution in [3.05, 3.63) is 59.2 Å². The van der Waals surface area contributed by atoms with Gasteiger partial charge >= 0.3 is 0 Å². The maximum Gasteiger partial charge on any atom is 0.131 e. The minimum absolute atomic E-state index is 0.258. The van der Waals surface area contributed by atoms with E-state index in [2.05, 4.69) is 9.98 Å². The minimum atomic E-state index is 0.258. The van der Waals surface area contributed by atoms with Crippen molar-refractivity contribution in [1.82, 2.24) is 0 Å². The fraction of sp³-hybridized carbons (Fsp3) is 0.0833. The molecular formula is C24H16N2O2. The highest BCUT2D eigenvalue weighted by molar-refractivity contribution is 6.39. The predicted octanol–water partition coefficient (Wildman–Crippen LogP) is 4.24. The van der Waals surface area contributed by atoms with Crippen molar-refractivity contribution in [2.75, 3.05) is 14.1 Å². The lowest BCUT2D eigenvalue weighted by Crippen LogP contribution is -2.03. The van der Waals surface area contributed by atoms with Gasteiger partial charge in [0.1, 0.15) is 11.5 Å². The third kappa shape index (κ3) is 1.66. The van der Waals surface area contributed by atoms with Gasteiger partial charge in [-0.1, -0.05) is 12.1 Å². The van der Waals surface area contributed by atoms with E-state index >= 15 is 0 Å². The summed E-state index contributed by atoms with van der Waals surface area (Å²) in [6, 6.07) is 15.7. The highest BCUT2D eigenvalue weighted by Crippen LogP contribution is 2.50. The van der Waals surface area contributed by atoms with E-state index in [1.807, 2.05) is 48.5 Å². The van der Waals surface area contributed by atoms with Crippen molar-refractivity contribution < 1.29 is 10.2 Å². The van der Waals surface area contributed by atoms with Gasteiger partial charge in [-0.2, -0.15) is 0 Å². The molecule has 0 aliphatic heterocycles. The van der Waals surface area contributed by atoms with E-state index in [0.29, 0.717) is 0 Å². The maximum atomic E-state index is 11.2. The Morgan fingerprint density at radius 3 is 1.36 bits per heavy atom. The van der Waals surface area contributed by atoms with Crippen molar-refractivity contribution in [3.63, 3.8) is 0 Å². The van der Waals surface area contributed by atoms with E-state index in [-0.39, 0.29) is 11.5 Å². The van der Waals surface area contributed by atoms with Crippen LogP contribution in [0.4, 0.5) is 0 Å². The number of rotatable bonds is 0. The molecular weight excluding hydrogens is 348 g/mol. The Kier molecular flexibility index (Phi) is 2.74. The van der Waals surface area contributed by atoms with Crippen LogP contribution in [0.2, 0.25) is 0 Å². The zero-order valence-corrected chi connectivity index (χ0v) is 15.4. The fourth-order valence-electron chi connectivity index (χ4n) is 4.74. The predicted molar refractivity (Wildman–Crippen MR) is 114 cm³/mol. The average molecular weight is 364 g/mol. The lowest BCUT2D eigenvalue weighted by atomic mass is 9.85. The molecule has 6 rings (SSSR count). The summed E-state index contributed by atoms with van der Waals surface area (Å²) in [4.78, 5) is 8.60. The molecule has 0 saturated heterocycles. The second-order valence-electron chi connectivity index (χ2n) is 7.30. The van der Waals surface area contributed by atoms with Crippen molar-refractivity contribution >= 4 is 53.9 Å². The van der Waals surface area contributed by atoms with Crippen LogP contribution in [0.15, 0.2) is 58.5 Å². The molecule has 6 aromatic rings. The van der Waals surface area contributed by atoms with Crippen LogP contribution in [0.1, 0.15) is 0 Å². The summed E-state index contributed by atoms with van der Waals surface area (Å²) in [6.45, 7) is 0. The van der Waals surface area contributed by atoms with Crippen LogP contribution < -0.4 is 10.7 Å². The Morgan fingerprint density at radius 1 is 0.536 bits per heavy atom. The van der Waals surface area contributed by atoms with E-state index in [1.165, 1.54) is 0 Å². The van der Waals surface area contributed by atoms with Gasteiger partial charge in [-0.3, -0.25) is 9.98 Å². The van der Waals surface area contributed by atoms with E-state index in [9.17, 15) is 10.2 Å². The van der Waals surface area contributed by atoms with Crippen LogP contribution in [0.3, 0.4) is 0 Å². The SMILES string of the molecule is CN=c1cc2ccc3c(O)c4cc(=NC)cc5ccc6c(O)c(c1)c2c3c6c54. The van der Waals surface area contributed by atoms with Crippen molar-refractivity contribution in [3.8, 4) is 11.5 Å². The van der Waals surface area contributed by atoms with Crippen LogP contribution in [-0.4, -0.2) is 24.3 Å². The van der Waals surface area contributed by atoms with Gasteiger partial charge in [-0.05, 0) is 47.2 Å². The number of phenolic OH excluding ortho intramolecular Hbond substituents is 2. The molecule has 0 spiro atoms. The largest absolute Gasteiger partial charge is 0.507 e. The summed E-state index contributed by atoms with van der Waals surface area (Å²) in [7, 11) is 3.49. The zero-order chi connectivity index (χ0) is 19.2. The normalized spacial score (nSPS) is 14.1. The first-order chi connectivity index (χ1) is 13.6. The maximum absolute atomic E-state index is 11.2. The van der Waals surface area contributed by atoms with Crippen LogP contribution in [0.25, 0.3) is 53.9 Å². The average Bonchev–Trinajstić information content (AvgIpc) is 2.74. The van der Waals surface area contributed by atoms with Gasteiger partial charge in [-0.15, -0.1) is 0 Å². The standard InChI is InChI=1S/C24H16N2O2/c1-25-13-7-11-3-5-16-21-19(11)17(9-13)23(27)15-6-4-12-8-14(26-2)10-18(24(16)28)20(12)22(15)21/h3-10,27-28H,1-2H3. The Morgan fingerprint density at radius 2 is 0.964 bits per heavy atom. The van der Waals surface area contributed by atoms with Crippen LogP contribution in [0.5, 0.6) is 11.5 Å². The molecule has 0 amide bonds. The summed E-state index contributed by atoms with van der Waals surface area (Å²) >= 11 is 0. The van der Waals surface area contributed by atoms with Gasteiger partial charge in [0.05, 0.1) is 10.7 Å². The molecule has 134 valence electrons. The molecule has 0 saturated carbocycles. The molecule has 0 atom stereocenters. The summed E-state index contributed by atoms with van der Waals surface area (Å²) in [5.74, 6) is 0.516. The molecule has 28 heavy (non-hydrogen) atoms. The molecule has 0 fully saturated rings. The van der Waals surface area contributed by atoms with Gasteiger partial charge in [0.25, 0.3) is 0 Å². The molecule has 0 aromatic heterocycles. The van der Waals surface area contributed by atoms with Gasteiger partial charge < -0.3 is 10.2 Å². The van der Waals surface area contributed by atoms with E-state index in [4.69, 9.17) is 0 Å². The molecule has 0 aliphatic carbocycles. The highest BCUT2D eigenvalue weighted by Gasteiger charge is 2.22. The number of benzene rings is 6. The van der Waals surface area contributed by atoms with E-state index in [0.717, 1.165) is 64.6 Å². The third-order valence-corrected chi connectivity index (χ3v) is 5.99. The first-order valence-corrected chi connectivity index (χ1v) is 9.17. The second-order valence-corrected chi connectivity index (χ2v) is 7.30. The summed E-state index contributed by atoms with van der Waals surface area (Å²) in [6.07, 6.45) is 0. The van der Waals surface area contributed by atoms with Crippen LogP contribution >= 0.6 is 0 Å². The molecule has 6 aromatic carbocycles. The van der Waals surface area contributed by atoms with Crippen molar-refractivity contribution in [1.29, 1.82) is 0 Å². The molecule has 0 bridgehead atoms. The quantitative estimate of drug-likeness (QED) is 0.313. The Labute approximate surface area is 159 Å². The smallest absolute Gasteiger partial charge is 0.131 e. The van der Waals surface area contributed by atoms with Crippen molar-refractivity contribution in [2.45, 2.75) is 0 Å². The number of phenols is 2. The zero-order valence-electron chi connectivity index (χ0n) is 15.4. The molecule has 4 nitrogen and oxygen atoms in total. The first kappa shape index (κ1) is 15.4. The van der Waals surface area contributed by atoms with Gasteiger partial charge in [-0.25, -0.2) is 0 Å². The highest BCUT2D eigenvalue weighted by atomic mass is 16.3. The summed E-state index contributed by atoms with van der Waals surface area (Å²) in [5.41, 5.74) is 0. The summed E-state index contributed by atoms with van der Waals surface area (Å²) < 4.78 is 0. The molecule has 0 unspecified atom stereocenters. The first-order valence-electron chi connectivity index (χ1n) is 9.17. The molecule has 4 heteroatoms. The third-order valence-electron chi connectivity index (χ3n) is 5.99. The van der Waals surface area contributed by atoms with Crippen LogP contribution in [0, 0.1) is 0 Å². The number of hydrogen-bond donors (Lipinski definition) is 2. The van der Waals surface area contributed by atoms with Crippen molar-refractivity contribution in [2.24, 2.45) is 9.98 Å².